The zero-order chi connectivity index (χ0) is 16.4. The second-order valence-corrected chi connectivity index (χ2v) is 5.37. The molecule has 2 rings (SSSR count). The maximum absolute atomic E-state index is 12.2. The van der Waals surface area contributed by atoms with Gasteiger partial charge in [0.1, 0.15) is 5.76 Å². The van der Waals surface area contributed by atoms with Gasteiger partial charge < -0.3 is 14.9 Å². The van der Waals surface area contributed by atoms with Crippen LogP contribution >= 0.6 is 0 Å². The molecule has 2 N–H and O–H groups in total. The summed E-state index contributed by atoms with van der Waals surface area (Å²) in [6.07, 6.45) is 0. The summed E-state index contributed by atoms with van der Waals surface area (Å²) in [6, 6.07) is 3.54. The predicted molar refractivity (Wildman–Crippen MR) is 79.2 cm³/mol. The van der Waals surface area contributed by atoms with Crippen molar-refractivity contribution in [3.8, 4) is 5.82 Å². The minimum Gasteiger partial charge on any atom is -0.481 e. The van der Waals surface area contributed by atoms with E-state index in [1.54, 1.807) is 26.0 Å². The zero-order valence-corrected chi connectivity index (χ0v) is 13.0. The number of carbonyl (C=O) groups excluding carboxylic acids is 1. The van der Waals surface area contributed by atoms with Gasteiger partial charge in [0, 0.05) is 24.0 Å². The third-order valence-electron chi connectivity index (χ3n) is 3.51. The number of aromatic nitrogens is 2. The molecule has 0 fully saturated rings. The largest absolute Gasteiger partial charge is 0.481 e. The Morgan fingerprint density at radius 2 is 2.05 bits per heavy atom. The number of aryl methyl sites for hydroxylation is 2. The monoisotopic (exact) mass is 305 g/mol. The molecule has 7 nitrogen and oxygen atoms in total. The minimum absolute atomic E-state index is 0.0842. The van der Waals surface area contributed by atoms with Crippen molar-refractivity contribution in [1.82, 2.24) is 15.0 Å². The van der Waals surface area contributed by atoms with Crippen LogP contribution in [0.5, 0.6) is 0 Å². The first-order valence-corrected chi connectivity index (χ1v) is 6.95. The molecule has 0 aliphatic rings. The van der Waals surface area contributed by atoms with Crippen LogP contribution in [0.15, 0.2) is 16.7 Å². The highest BCUT2D eigenvalue weighted by Gasteiger charge is 2.19. The molecule has 0 bridgehead atoms. The van der Waals surface area contributed by atoms with Gasteiger partial charge in [-0.3, -0.25) is 14.2 Å². The first-order valence-electron chi connectivity index (χ1n) is 6.95. The molecule has 118 valence electrons. The minimum atomic E-state index is -0.941. The maximum atomic E-state index is 12.2. The van der Waals surface area contributed by atoms with E-state index in [0.717, 1.165) is 11.4 Å². The molecule has 2 aromatic heterocycles. The molecule has 0 spiro atoms. The van der Waals surface area contributed by atoms with Crippen molar-refractivity contribution in [2.75, 3.05) is 6.54 Å². The van der Waals surface area contributed by atoms with Crippen molar-refractivity contribution >= 4 is 11.9 Å². The Labute approximate surface area is 127 Å². The molecule has 22 heavy (non-hydrogen) atoms. The summed E-state index contributed by atoms with van der Waals surface area (Å²) in [5, 5.41) is 15.4. The summed E-state index contributed by atoms with van der Waals surface area (Å²) in [5.74, 6) is -0.573. The predicted octanol–water partition coefficient (Wildman–Crippen LogP) is 1.84. The normalized spacial score (nSPS) is 12.2. The van der Waals surface area contributed by atoms with Crippen LogP contribution in [-0.4, -0.2) is 33.3 Å². The van der Waals surface area contributed by atoms with E-state index in [1.165, 1.54) is 0 Å². The summed E-state index contributed by atoms with van der Waals surface area (Å²) in [6.45, 7) is 7.11. The molecule has 0 aromatic carbocycles. The van der Waals surface area contributed by atoms with Crippen molar-refractivity contribution in [3.63, 3.8) is 0 Å². The highest BCUT2D eigenvalue weighted by Crippen LogP contribution is 2.20. The quantitative estimate of drug-likeness (QED) is 0.878. The van der Waals surface area contributed by atoms with E-state index in [0.29, 0.717) is 17.1 Å². The van der Waals surface area contributed by atoms with Crippen LogP contribution in [0.2, 0.25) is 0 Å². The molecule has 7 heteroatoms. The molecule has 0 radical (unpaired) electrons. The van der Waals surface area contributed by atoms with Gasteiger partial charge >= 0.3 is 5.97 Å². The Balaban J connectivity index is 2.23. The van der Waals surface area contributed by atoms with E-state index >= 15 is 0 Å². The number of rotatable bonds is 5. The van der Waals surface area contributed by atoms with Crippen molar-refractivity contribution in [2.45, 2.75) is 27.7 Å². The number of amides is 1. The smallest absolute Gasteiger partial charge is 0.308 e. The lowest BCUT2D eigenvalue weighted by molar-refractivity contribution is -0.140. The molecule has 2 heterocycles. The molecule has 2 aromatic rings. The van der Waals surface area contributed by atoms with Gasteiger partial charge in [0.2, 0.25) is 0 Å². The van der Waals surface area contributed by atoms with E-state index < -0.39 is 11.9 Å². The Bertz CT molecular complexity index is 714. The lowest BCUT2D eigenvalue weighted by Crippen LogP contribution is -2.31. The lowest BCUT2D eigenvalue weighted by Gasteiger charge is -2.09. The van der Waals surface area contributed by atoms with Gasteiger partial charge in [-0.15, -0.1) is 0 Å². The third kappa shape index (κ3) is 3.03. The molecule has 0 saturated heterocycles. The van der Waals surface area contributed by atoms with Crippen LogP contribution in [0.1, 0.15) is 34.4 Å². The maximum Gasteiger partial charge on any atom is 0.308 e. The number of hydrogen-bond acceptors (Lipinski definition) is 4. The van der Waals surface area contributed by atoms with Crippen LogP contribution in [0.25, 0.3) is 5.82 Å². The SMILES string of the molecule is Cc1cc(-n2c(C)cc(C(=O)NC[C@H](C)C(=O)O)c2C)no1. The average Bonchev–Trinajstić information content (AvgIpc) is 2.99. The van der Waals surface area contributed by atoms with Crippen LogP contribution in [0, 0.1) is 26.7 Å². The molecule has 0 aliphatic carbocycles. The number of carboxylic acid groups (broad SMARTS) is 1. The number of carboxylic acids is 1. The molecule has 1 amide bonds. The number of carbonyl (C=O) groups is 2. The van der Waals surface area contributed by atoms with Crippen molar-refractivity contribution in [3.05, 3.63) is 34.8 Å². The van der Waals surface area contributed by atoms with Crippen LogP contribution in [0.4, 0.5) is 0 Å². The lowest BCUT2D eigenvalue weighted by atomic mass is 10.1. The Kier molecular flexibility index (Phi) is 4.35. The highest BCUT2D eigenvalue weighted by molar-refractivity contribution is 5.96. The fraction of sp³-hybridized carbons (Fsp3) is 0.400. The van der Waals surface area contributed by atoms with Crippen LogP contribution in [0.3, 0.4) is 0 Å². The van der Waals surface area contributed by atoms with E-state index in [1.807, 2.05) is 18.4 Å². The second-order valence-electron chi connectivity index (χ2n) is 5.37. The van der Waals surface area contributed by atoms with Gasteiger partial charge in [0.25, 0.3) is 5.91 Å². The number of aliphatic carboxylic acids is 1. The first-order chi connectivity index (χ1) is 10.3. The van der Waals surface area contributed by atoms with Gasteiger partial charge in [-0.25, -0.2) is 0 Å². The highest BCUT2D eigenvalue weighted by atomic mass is 16.5. The summed E-state index contributed by atoms with van der Waals surface area (Å²) >= 11 is 0. The van der Waals surface area contributed by atoms with Crippen molar-refractivity contribution in [1.29, 1.82) is 0 Å². The molecule has 0 unspecified atom stereocenters. The van der Waals surface area contributed by atoms with Crippen LogP contribution in [-0.2, 0) is 4.79 Å². The molecular weight excluding hydrogens is 286 g/mol. The molecule has 1 atom stereocenters. The average molecular weight is 305 g/mol. The zero-order valence-electron chi connectivity index (χ0n) is 13.0. The third-order valence-corrected chi connectivity index (χ3v) is 3.51. The molecular formula is C15H19N3O4. The summed E-state index contributed by atoms with van der Waals surface area (Å²) in [7, 11) is 0. The van der Waals surface area contributed by atoms with Crippen molar-refractivity contribution in [2.24, 2.45) is 5.92 Å². The van der Waals surface area contributed by atoms with Crippen LogP contribution < -0.4 is 5.32 Å². The second kappa shape index (κ2) is 6.05. The van der Waals surface area contributed by atoms with E-state index in [2.05, 4.69) is 10.5 Å². The molecule has 0 aliphatic heterocycles. The summed E-state index contributed by atoms with van der Waals surface area (Å²) < 4.78 is 6.89. The Hall–Kier alpha value is -2.57. The topological polar surface area (TPSA) is 97.4 Å². The van der Waals surface area contributed by atoms with Gasteiger partial charge in [-0.05, 0) is 26.8 Å². The van der Waals surface area contributed by atoms with Crippen molar-refractivity contribution < 1.29 is 19.2 Å². The van der Waals surface area contributed by atoms with Gasteiger partial charge in [-0.1, -0.05) is 12.1 Å². The number of nitrogens with one attached hydrogen (secondary N) is 1. The Morgan fingerprint density at radius 3 is 2.59 bits per heavy atom. The van der Waals surface area contributed by atoms with Gasteiger partial charge in [-0.2, -0.15) is 0 Å². The van der Waals surface area contributed by atoms with E-state index in [-0.39, 0.29) is 12.5 Å². The number of nitrogens with zero attached hydrogens (tertiary/aromatic N) is 2. The number of hydrogen-bond donors (Lipinski definition) is 2. The fourth-order valence-corrected chi connectivity index (χ4v) is 2.23. The van der Waals surface area contributed by atoms with Gasteiger partial charge in [0.05, 0.1) is 11.5 Å². The first kappa shape index (κ1) is 15.8. The molecule has 0 saturated carbocycles. The summed E-state index contributed by atoms with van der Waals surface area (Å²) in [5.41, 5.74) is 2.07. The Morgan fingerprint density at radius 1 is 1.36 bits per heavy atom. The van der Waals surface area contributed by atoms with Gasteiger partial charge in [0.15, 0.2) is 5.82 Å². The summed E-state index contributed by atoms with van der Waals surface area (Å²) in [4.78, 5) is 23.0. The fourth-order valence-electron chi connectivity index (χ4n) is 2.23. The van der Waals surface area contributed by atoms with E-state index in [9.17, 15) is 9.59 Å². The standard InChI is InChI=1S/C15H19N3O4/c1-8(15(20)21)7-16-14(19)12-5-9(2)18(11(12)4)13-6-10(3)22-17-13/h5-6,8H,7H2,1-4H3,(H,16,19)(H,20,21)/t8-/m0/s1. The van der Waals surface area contributed by atoms with E-state index in [4.69, 9.17) is 9.63 Å².